The van der Waals surface area contributed by atoms with Crippen LogP contribution < -0.4 is 0 Å². The van der Waals surface area contributed by atoms with Gasteiger partial charge in [0.2, 0.25) is 0 Å². The van der Waals surface area contributed by atoms with Crippen LogP contribution in [0.1, 0.15) is 48.0 Å². The Kier molecular flexibility index (Phi) is 4.63. The normalized spacial score (nSPS) is 14.9. The van der Waals surface area contributed by atoms with E-state index in [1.54, 1.807) is 0 Å². The van der Waals surface area contributed by atoms with Crippen LogP contribution in [0.25, 0.3) is 0 Å². The summed E-state index contributed by atoms with van der Waals surface area (Å²) in [6, 6.07) is 0. The topological polar surface area (TPSA) is 37.3 Å². The van der Waals surface area contributed by atoms with Gasteiger partial charge in [-0.2, -0.15) is 0 Å². The molecule has 0 spiro atoms. The van der Waals surface area contributed by atoms with Crippen LogP contribution in [0.2, 0.25) is 0 Å². The predicted octanol–water partition coefficient (Wildman–Crippen LogP) is 3.42. The maximum absolute atomic E-state index is 11.2. The van der Waals surface area contributed by atoms with Crippen LogP contribution in [0.4, 0.5) is 0 Å². The fourth-order valence-corrected chi connectivity index (χ4v) is 1.60. The molecule has 1 N–H and O–H groups in total. The van der Waals surface area contributed by atoms with E-state index in [1.165, 1.54) is 0 Å². The van der Waals surface area contributed by atoms with E-state index in [1.807, 2.05) is 0 Å². The summed E-state index contributed by atoms with van der Waals surface area (Å²) in [5.74, 6) is -0.0589. The van der Waals surface area contributed by atoms with Crippen molar-refractivity contribution in [1.29, 1.82) is 0 Å². The van der Waals surface area contributed by atoms with Gasteiger partial charge < -0.3 is 5.11 Å². The van der Waals surface area contributed by atoms with E-state index in [0.29, 0.717) is 11.8 Å². The van der Waals surface area contributed by atoms with E-state index < -0.39 is 5.97 Å². The van der Waals surface area contributed by atoms with Crippen LogP contribution in [0.5, 0.6) is 0 Å². The first kappa shape index (κ1) is 13.5. The van der Waals surface area contributed by atoms with Gasteiger partial charge in [0.15, 0.2) is 0 Å². The van der Waals surface area contributed by atoms with Gasteiger partial charge in [-0.15, -0.1) is 0 Å². The summed E-state index contributed by atoms with van der Waals surface area (Å²) < 4.78 is 0. The fraction of sp³-hybridized carbons (Fsp3) is 0.917. The molecule has 0 aliphatic heterocycles. The highest BCUT2D eigenvalue weighted by Gasteiger charge is 2.37. The first-order valence-electron chi connectivity index (χ1n) is 5.42. The summed E-state index contributed by atoms with van der Waals surface area (Å²) in [7, 11) is 0. The monoisotopic (exact) mass is 200 g/mol. The molecule has 1 atom stereocenters. The molecule has 2 nitrogen and oxygen atoms in total. The lowest BCUT2D eigenvalue weighted by atomic mass is 9.68. The number of carboxylic acids is 1. The second-order valence-corrected chi connectivity index (χ2v) is 5.50. The van der Waals surface area contributed by atoms with Gasteiger partial charge in [-0.1, -0.05) is 41.5 Å². The summed E-state index contributed by atoms with van der Waals surface area (Å²) in [5, 5.41) is 9.21. The van der Waals surface area contributed by atoms with Crippen molar-refractivity contribution >= 4 is 5.97 Å². The molecule has 0 aliphatic carbocycles. The molecule has 14 heavy (non-hydrogen) atoms. The number of carbonyl (C=O) groups is 1. The number of aliphatic carboxylic acids is 1. The number of hydrogen-bond acceptors (Lipinski definition) is 1. The van der Waals surface area contributed by atoms with Gasteiger partial charge in [-0.25, -0.2) is 0 Å². The summed E-state index contributed by atoms with van der Waals surface area (Å²) in [5.41, 5.74) is -0.129. The minimum Gasteiger partial charge on any atom is -0.481 e. The number of hydrogen-bond donors (Lipinski definition) is 1. The van der Waals surface area contributed by atoms with Crippen molar-refractivity contribution in [1.82, 2.24) is 0 Å². The fourth-order valence-electron chi connectivity index (χ4n) is 1.60. The Morgan fingerprint density at radius 2 is 1.64 bits per heavy atom. The highest BCUT2D eigenvalue weighted by Crippen LogP contribution is 2.38. The third kappa shape index (κ3) is 3.32. The molecule has 0 aromatic heterocycles. The molecule has 2 heteroatoms. The van der Waals surface area contributed by atoms with E-state index in [-0.39, 0.29) is 11.3 Å². The summed E-state index contributed by atoms with van der Waals surface area (Å²) in [4.78, 5) is 11.2. The van der Waals surface area contributed by atoms with Gasteiger partial charge in [-0.05, 0) is 23.7 Å². The summed E-state index contributed by atoms with van der Waals surface area (Å²) in [6.07, 6.45) is 0.764. The van der Waals surface area contributed by atoms with Gasteiger partial charge in [0.1, 0.15) is 0 Å². The van der Waals surface area contributed by atoms with Crippen molar-refractivity contribution in [3.8, 4) is 0 Å². The summed E-state index contributed by atoms with van der Waals surface area (Å²) in [6.45, 7) is 12.4. The molecule has 0 fully saturated rings. The van der Waals surface area contributed by atoms with E-state index in [4.69, 9.17) is 0 Å². The van der Waals surface area contributed by atoms with E-state index in [2.05, 4.69) is 41.5 Å². The summed E-state index contributed by atoms with van der Waals surface area (Å²) >= 11 is 0. The maximum Gasteiger partial charge on any atom is 0.307 e. The maximum atomic E-state index is 11.2. The zero-order valence-electron chi connectivity index (χ0n) is 10.3. The van der Waals surface area contributed by atoms with Crippen molar-refractivity contribution in [3.63, 3.8) is 0 Å². The van der Waals surface area contributed by atoms with Gasteiger partial charge in [0, 0.05) is 0 Å². The molecule has 1 unspecified atom stereocenters. The molecule has 0 amide bonds. The second-order valence-electron chi connectivity index (χ2n) is 5.50. The van der Waals surface area contributed by atoms with E-state index >= 15 is 0 Å². The van der Waals surface area contributed by atoms with Gasteiger partial charge in [-0.3, -0.25) is 4.79 Å². The molecule has 0 bridgehead atoms. The molecule has 0 radical (unpaired) electrons. The molecule has 0 saturated heterocycles. The molecule has 0 aromatic carbocycles. The zero-order chi connectivity index (χ0) is 11.5. The Hall–Kier alpha value is -0.530. The Morgan fingerprint density at radius 3 is 1.86 bits per heavy atom. The molecule has 84 valence electrons. The molecular weight excluding hydrogens is 176 g/mol. The number of rotatable bonds is 5. The predicted molar refractivity (Wildman–Crippen MR) is 59.2 cm³/mol. The van der Waals surface area contributed by atoms with Crippen LogP contribution in [-0.4, -0.2) is 11.1 Å². The lowest BCUT2D eigenvalue weighted by molar-refractivity contribution is -0.148. The van der Waals surface area contributed by atoms with Crippen molar-refractivity contribution in [2.75, 3.05) is 0 Å². The largest absolute Gasteiger partial charge is 0.481 e. The van der Waals surface area contributed by atoms with Gasteiger partial charge >= 0.3 is 5.97 Å². The quantitative estimate of drug-likeness (QED) is 0.738. The highest BCUT2D eigenvalue weighted by molar-refractivity contribution is 5.71. The van der Waals surface area contributed by atoms with Crippen LogP contribution in [0.3, 0.4) is 0 Å². The van der Waals surface area contributed by atoms with Gasteiger partial charge in [0.05, 0.1) is 5.92 Å². The highest BCUT2D eigenvalue weighted by atomic mass is 16.4. The number of carboxylic acid groups (broad SMARTS) is 1. The van der Waals surface area contributed by atoms with Crippen molar-refractivity contribution in [2.24, 2.45) is 23.2 Å². The third-order valence-corrected chi connectivity index (χ3v) is 3.39. The molecule has 0 aromatic rings. The average Bonchev–Trinajstić information content (AvgIpc) is 1.98. The SMILES string of the molecule is CC(C)CC(C(=O)O)C(C)(C)C(C)C. The van der Waals surface area contributed by atoms with Crippen molar-refractivity contribution < 1.29 is 9.90 Å². The van der Waals surface area contributed by atoms with Crippen LogP contribution in [0, 0.1) is 23.2 Å². The van der Waals surface area contributed by atoms with Gasteiger partial charge in [0.25, 0.3) is 0 Å². The van der Waals surface area contributed by atoms with Crippen LogP contribution >= 0.6 is 0 Å². The minimum absolute atomic E-state index is 0.129. The Labute approximate surface area is 87.7 Å². The van der Waals surface area contributed by atoms with E-state index in [0.717, 1.165) is 6.42 Å². The smallest absolute Gasteiger partial charge is 0.307 e. The standard InChI is InChI=1S/C12H24O2/c1-8(2)7-10(11(13)14)12(5,6)9(3)4/h8-10H,7H2,1-6H3,(H,13,14). The third-order valence-electron chi connectivity index (χ3n) is 3.39. The average molecular weight is 200 g/mol. The zero-order valence-corrected chi connectivity index (χ0v) is 10.3. The Bertz CT molecular complexity index is 192. The lowest BCUT2D eigenvalue weighted by Gasteiger charge is -2.36. The van der Waals surface area contributed by atoms with E-state index in [9.17, 15) is 9.90 Å². The molecule has 0 rings (SSSR count). The van der Waals surface area contributed by atoms with Crippen molar-refractivity contribution in [2.45, 2.75) is 48.0 Å². The molecular formula is C12H24O2. The first-order chi connectivity index (χ1) is 6.19. The molecule has 0 aliphatic rings. The lowest BCUT2D eigenvalue weighted by Crippen LogP contribution is -2.36. The Balaban J connectivity index is 4.73. The van der Waals surface area contributed by atoms with Crippen molar-refractivity contribution in [3.05, 3.63) is 0 Å². The van der Waals surface area contributed by atoms with Crippen LogP contribution in [0.15, 0.2) is 0 Å². The first-order valence-corrected chi connectivity index (χ1v) is 5.42. The Morgan fingerprint density at radius 1 is 1.21 bits per heavy atom. The second kappa shape index (κ2) is 4.81. The molecule has 0 heterocycles. The van der Waals surface area contributed by atoms with Crippen LogP contribution in [-0.2, 0) is 4.79 Å². The molecule has 0 saturated carbocycles. The minimum atomic E-state index is -0.655.